The van der Waals surface area contributed by atoms with Gasteiger partial charge in [0.25, 0.3) is 0 Å². The Labute approximate surface area is 198 Å². The molecule has 0 saturated heterocycles. The van der Waals surface area contributed by atoms with Gasteiger partial charge in [-0.05, 0) is 73.0 Å². The number of para-hydroxylation sites is 1. The number of carbonyl (C=O) groups is 2. The van der Waals surface area contributed by atoms with Crippen molar-refractivity contribution in [2.45, 2.75) is 63.4 Å². The largest absolute Gasteiger partial charge is 0.496 e. The Bertz CT molecular complexity index is 1120. The molecule has 2 aromatic rings. The third-order valence-corrected chi connectivity index (χ3v) is 7.78. The van der Waals surface area contributed by atoms with Crippen LogP contribution in [0.15, 0.2) is 63.6 Å². The Balaban J connectivity index is 1.51. The Morgan fingerprint density at radius 1 is 1.12 bits per heavy atom. The highest BCUT2D eigenvalue weighted by atomic mass is 32.1. The number of carbonyl (C=O) groups excluding carboxylic acids is 2. The minimum atomic E-state index is -0.382. The van der Waals surface area contributed by atoms with Gasteiger partial charge < -0.3 is 14.8 Å². The van der Waals surface area contributed by atoms with Gasteiger partial charge in [0.05, 0.1) is 12.7 Å². The maximum atomic E-state index is 13.6. The number of benzene rings is 1. The van der Waals surface area contributed by atoms with Gasteiger partial charge in [0.1, 0.15) is 11.9 Å². The summed E-state index contributed by atoms with van der Waals surface area (Å²) in [4.78, 5) is 27.0. The molecule has 33 heavy (non-hydrogen) atoms. The number of allylic oxidation sites excluding steroid dienone is 3. The Hall–Kier alpha value is -2.86. The quantitative estimate of drug-likeness (QED) is 0.585. The molecule has 0 radical (unpaired) electrons. The van der Waals surface area contributed by atoms with Crippen molar-refractivity contribution in [1.29, 1.82) is 0 Å². The maximum absolute atomic E-state index is 13.6. The summed E-state index contributed by atoms with van der Waals surface area (Å²) in [5.74, 6) is 0.233. The molecule has 5 rings (SSSR count). The van der Waals surface area contributed by atoms with Crippen molar-refractivity contribution in [2.75, 3.05) is 7.11 Å². The molecule has 3 aliphatic rings. The second kappa shape index (κ2) is 9.18. The van der Waals surface area contributed by atoms with Crippen LogP contribution in [-0.2, 0) is 14.3 Å². The van der Waals surface area contributed by atoms with Crippen molar-refractivity contribution in [3.63, 3.8) is 0 Å². The van der Waals surface area contributed by atoms with Crippen molar-refractivity contribution >= 4 is 23.1 Å². The molecule has 0 amide bonds. The van der Waals surface area contributed by atoms with Crippen molar-refractivity contribution in [1.82, 2.24) is 5.32 Å². The lowest BCUT2D eigenvalue weighted by Gasteiger charge is -2.36. The number of hydrogen-bond acceptors (Lipinski definition) is 6. The molecule has 2 atom stereocenters. The third kappa shape index (κ3) is 4.12. The lowest BCUT2D eigenvalue weighted by molar-refractivity contribution is -0.144. The normalized spacial score (nSPS) is 23.4. The summed E-state index contributed by atoms with van der Waals surface area (Å²) in [5.41, 5.74) is 5.00. The van der Waals surface area contributed by atoms with Crippen molar-refractivity contribution in [3.8, 4) is 5.75 Å². The topological polar surface area (TPSA) is 64.6 Å². The zero-order valence-corrected chi connectivity index (χ0v) is 19.9. The van der Waals surface area contributed by atoms with Gasteiger partial charge in [-0.25, -0.2) is 4.79 Å². The number of rotatable bonds is 5. The van der Waals surface area contributed by atoms with Crippen molar-refractivity contribution in [2.24, 2.45) is 0 Å². The first-order valence-corrected chi connectivity index (χ1v) is 12.6. The van der Waals surface area contributed by atoms with Gasteiger partial charge in [0.2, 0.25) is 0 Å². The number of thiophene rings is 1. The smallest absolute Gasteiger partial charge is 0.337 e. The number of Topliss-reactive ketones (excluding diaryl/α,β-unsaturated/α-hetero) is 1. The zero-order chi connectivity index (χ0) is 22.9. The number of methoxy groups -OCH3 is 1. The van der Waals surface area contributed by atoms with Crippen LogP contribution >= 0.6 is 11.3 Å². The maximum Gasteiger partial charge on any atom is 0.337 e. The van der Waals surface area contributed by atoms with Crippen LogP contribution in [0.1, 0.15) is 68.4 Å². The van der Waals surface area contributed by atoms with Crippen LogP contribution in [-0.4, -0.2) is 25.0 Å². The monoisotopic (exact) mass is 463 g/mol. The molecule has 0 unspecified atom stereocenters. The van der Waals surface area contributed by atoms with Gasteiger partial charge in [-0.15, -0.1) is 0 Å². The first-order chi connectivity index (χ1) is 16.1. The van der Waals surface area contributed by atoms with Gasteiger partial charge in [-0.1, -0.05) is 18.2 Å². The van der Waals surface area contributed by atoms with Gasteiger partial charge in [0, 0.05) is 35.2 Å². The highest BCUT2D eigenvalue weighted by Crippen LogP contribution is 2.47. The van der Waals surface area contributed by atoms with Crippen LogP contribution < -0.4 is 10.1 Å². The molecule has 1 aromatic carbocycles. The molecule has 172 valence electrons. The molecule has 0 spiro atoms. The number of dihydropyridines is 1. The van der Waals surface area contributed by atoms with Crippen LogP contribution in [0.5, 0.6) is 5.75 Å². The van der Waals surface area contributed by atoms with Gasteiger partial charge >= 0.3 is 5.97 Å². The highest BCUT2D eigenvalue weighted by molar-refractivity contribution is 7.08. The van der Waals surface area contributed by atoms with Crippen LogP contribution in [0.3, 0.4) is 0 Å². The number of esters is 1. The molecule has 2 aliphatic carbocycles. The second-order valence-electron chi connectivity index (χ2n) is 9.13. The predicted octanol–water partition coefficient (Wildman–Crippen LogP) is 5.60. The molecule has 1 fully saturated rings. The molecule has 1 aliphatic heterocycles. The minimum absolute atomic E-state index is 0.0201. The van der Waals surface area contributed by atoms with Gasteiger partial charge in [0.15, 0.2) is 5.78 Å². The zero-order valence-electron chi connectivity index (χ0n) is 19.1. The molecular formula is C27H29NO4S. The number of hydrogen-bond donors (Lipinski definition) is 1. The molecule has 0 bridgehead atoms. The van der Waals surface area contributed by atoms with E-state index in [0.717, 1.165) is 54.0 Å². The Kier molecular flexibility index (Phi) is 6.11. The standard InChI is InChI=1S/C27H29NO4S/c1-16-24(27(30)32-19-7-3-4-8-19)25(17-11-12-33-15-17)26-21(28-16)13-18(14-22(26)29)20-9-5-6-10-23(20)31-2/h5-6,9-12,15,18-19,25,28H,3-4,7-8,13-14H2,1-2H3/t18-,25+/m1/s1. The molecule has 1 N–H and O–H groups in total. The Morgan fingerprint density at radius 3 is 2.64 bits per heavy atom. The summed E-state index contributed by atoms with van der Waals surface area (Å²) >= 11 is 1.58. The fraction of sp³-hybridized carbons (Fsp3) is 0.407. The fourth-order valence-corrected chi connectivity index (χ4v) is 6.21. The summed E-state index contributed by atoms with van der Waals surface area (Å²) in [6, 6.07) is 9.92. The molecule has 1 saturated carbocycles. The first-order valence-electron chi connectivity index (χ1n) is 11.7. The number of ether oxygens (including phenoxy) is 2. The predicted molar refractivity (Wildman–Crippen MR) is 128 cm³/mol. The van der Waals surface area contributed by atoms with E-state index in [1.165, 1.54) is 0 Å². The van der Waals surface area contributed by atoms with E-state index in [0.29, 0.717) is 24.0 Å². The van der Waals surface area contributed by atoms with Crippen LogP contribution in [0.4, 0.5) is 0 Å². The first kappa shape index (κ1) is 22.0. The third-order valence-electron chi connectivity index (χ3n) is 7.08. The van der Waals surface area contributed by atoms with E-state index in [-0.39, 0.29) is 29.7 Å². The summed E-state index contributed by atoms with van der Waals surface area (Å²) in [5, 5.41) is 7.47. The van der Waals surface area contributed by atoms with Gasteiger partial charge in [-0.3, -0.25) is 4.79 Å². The SMILES string of the molecule is COc1ccccc1[C@H]1CC(=O)C2=C(C1)NC(C)=C(C(=O)OC1CCCC1)[C@@H]2c1ccsc1. The van der Waals surface area contributed by atoms with E-state index >= 15 is 0 Å². The van der Waals surface area contributed by atoms with E-state index in [1.807, 2.05) is 48.0 Å². The molecule has 5 nitrogen and oxygen atoms in total. The second-order valence-corrected chi connectivity index (χ2v) is 9.91. The molecule has 2 heterocycles. The average molecular weight is 464 g/mol. The summed E-state index contributed by atoms with van der Waals surface area (Å²) < 4.78 is 11.5. The van der Waals surface area contributed by atoms with E-state index in [2.05, 4.69) is 5.32 Å². The van der Waals surface area contributed by atoms with Crippen LogP contribution in [0.2, 0.25) is 0 Å². The average Bonchev–Trinajstić information content (AvgIpc) is 3.52. The van der Waals surface area contributed by atoms with E-state index in [1.54, 1.807) is 18.4 Å². The summed E-state index contributed by atoms with van der Waals surface area (Å²) in [7, 11) is 1.66. The highest BCUT2D eigenvalue weighted by Gasteiger charge is 2.42. The molecule has 1 aromatic heterocycles. The van der Waals surface area contributed by atoms with E-state index in [4.69, 9.17) is 9.47 Å². The van der Waals surface area contributed by atoms with Crippen molar-refractivity contribution < 1.29 is 19.1 Å². The van der Waals surface area contributed by atoms with E-state index in [9.17, 15) is 9.59 Å². The number of nitrogens with one attached hydrogen (secondary N) is 1. The van der Waals surface area contributed by atoms with Crippen LogP contribution in [0.25, 0.3) is 0 Å². The lowest BCUT2D eigenvalue weighted by Crippen LogP contribution is -2.36. The fourth-order valence-electron chi connectivity index (χ4n) is 5.53. The summed E-state index contributed by atoms with van der Waals surface area (Å²) in [6.45, 7) is 1.92. The Morgan fingerprint density at radius 2 is 1.91 bits per heavy atom. The van der Waals surface area contributed by atoms with E-state index < -0.39 is 0 Å². The molecular weight excluding hydrogens is 434 g/mol. The minimum Gasteiger partial charge on any atom is -0.496 e. The number of ketones is 1. The van der Waals surface area contributed by atoms with Crippen molar-refractivity contribution in [3.05, 3.63) is 74.8 Å². The lowest BCUT2D eigenvalue weighted by atomic mass is 9.72. The molecule has 6 heteroatoms. The van der Waals surface area contributed by atoms with Gasteiger partial charge in [-0.2, -0.15) is 11.3 Å². The van der Waals surface area contributed by atoms with Crippen LogP contribution in [0, 0.1) is 0 Å². The summed E-state index contributed by atoms with van der Waals surface area (Å²) in [6.07, 6.45) is 5.11.